The summed E-state index contributed by atoms with van der Waals surface area (Å²) < 4.78 is 4.71. The van der Waals surface area contributed by atoms with Crippen molar-refractivity contribution in [3.05, 3.63) is 35.4 Å². The molecule has 0 saturated carbocycles. The lowest BCUT2D eigenvalue weighted by atomic mass is 10.0. The molecule has 0 saturated heterocycles. The van der Waals surface area contributed by atoms with E-state index in [9.17, 15) is 9.90 Å². The minimum Gasteiger partial charge on any atom is -0.469 e. The molecule has 0 aromatic heterocycles. The van der Waals surface area contributed by atoms with Crippen LogP contribution in [0.4, 0.5) is 0 Å². The number of carbonyl (C=O) groups is 1. The van der Waals surface area contributed by atoms with Gasteiger partial charge in [0.2, 0.25) is 0 Å². The summed E-state index contributed by atoms with van der Waals surface area (Å²) in [6, 6.07) is 7.75. The van der Waals surface area contributed by atoms with Crippen LogP contribution in [0.15, 0.2) is 24.3 Å². The van der Waals surface area contributed by atoms with Gasteiger partial charge in [0.15, 0.2) is 0 Å². The molecule has 2 N–H and O–H groups in total. The predicted octanol–water partition coefficient (Wildman–Crippen LogP) is 0.804. The van der Waals surface area contributed by atoms with Crippen molar-refractivity contribution in [3.8, 4) is 0 Å². The third kappa shape index (κ3) is 6.71. The lowest BCUT2D eigenvalue weighted by Crippen LogP contribution is -2.45. The second-order valence-electron chi connectivity index (χ2n) is 5.86. The van der Waals surface area contributed by atoms with Crippen molar-refractivity contribution in [2.75, 3.05) is 34.3 Å². The molecule has 0 aliphatic heterocycles. The fourth-order valence-corrected chi connectivity index (χ4v) is 2.33. The lowest BCUT2D eigenvalue weighted by Gasteiger charge is -2.27. The van der Waals surface area contributed by atoms with E-state index >= 15 is 0 Å². The molecule has 0 radical (unpaired) electrons. The largest absolute Gasteiger partial charge is 0.469 e. The van der Waals surface area contributed by atoms with E-state index in [0.29, 0.717) is 19.6 Å². The maximum Gasteiger partial charge on any atom is 0.309 e. The Labute approximate surface area is 126 Å². The molecule has 1 aromatic carbocycles. The summed E-state index contributed by atoms with van der Waals surface area (Å²) in [5.41, 5.74) is 1.20. The van der Waals surface area contributed by atoms with Crippen LogP contribution in [0.5, 0.6) is 0 Å². The highest BCUT2D eigenvalue weighted by molar-refractivity contribution is 5.72. The Kier molecular flexibility index (Phi) is 6.81. The SMILES string of the molecule is COC(=O)Cc1ccccc1CNCC(C)(O)CN(C)C. The number of rotatable bonds is 8. The van der Waals surface area contributed by atoms with Crippen LogP contribution in [0.2, 0.25) is 0 Å². The van der Waals surface area contributed by atoms with E-state index in [4.69, 9.17) is 4.74 Å². The minimum absolute atomic E-state index is 0.248. The van der Waals surface area contributed by atoms with E-state index in [1.807, 2.05) is 43.3 Å². The van der Waals surface area contributed by atoms with E-state index in [2.05, 4.69) is 5.32 Å². The highest BCUT2D eigenvalue weighted by atomic mass is 16.5. The van der Waals surface area contributed by atoms with Crippen LogP contribution in [0, 0.1) is 0 Å². The van der Waals surface area contributed by atoms with Crippen molar-refractivity contribution in [2.24, 2.45) is 0 Å². The summed E-state index contributed by atoms with van der Waals surface area (Å²) in [4.78, 5) is 13.4. The monoisotopic (exact) mass is 294 g/mol. The quantitative estimate of drug-likeness (QED) is 0.695. The molecule has 21 heavy (non-hydrogen) atoms. The third-order valence-corrected chi connectivity index (χ3v) is 3.16. The summed E-state index contributed by atoms with van der Waals surface area (Å²) in [5.74, 6) is -0.248. The number of carbonyl (C=O) groups excluding carboxylic acids is 1. The maximum atomic E-state index is 11.4. The first-order chi connectivity index (χ1) is 9.84. The summed E-state index contributed by atoms with van der Waals surface area (Å²) in [7, 11) is 5.25. The Morgan fingerprint density at radius 3 is 2.52 bits per heavy atom. The zero-order chi connectivity index (χ0) is 15.9. The van der Waals surface area contributed by atoms with Crippen molar-refractivity contribution in [1.29, 1.82) is 0 Å². The first-order valence-electron chi connectivity index (χ1n) is 7.05. The number of nitrogens with zero attached hydrogens (tertiary/aromatic N) is 1. The van der Waals surface area contributed by atoms with Gasteiger partial charge in [-0.05, 0) is 32.1 Å². The summed E-state index contributed by atoms with van der Waals surface area (Å²) in [6.45, 7) is 3.48. The van der Waals surface area contributed by atoms with Gasteiger partial charge < -0.3 is 20.1 Å². The average molecular weight is 294 g/mol. The van der Waals surface area contributed by atoms with Crippen LogP contribution in [0.25, 0.3) is 0 Å². The molecular formula is C16H26N2O3. The Balaban J connectivity index is 2.57. The lowest BCUT2D eigenvalue weighted by molar-refractivity contribution is -0.139. The normalized spacial score (nSPS) is 14.0. The number of methoxy groups -OCH3 is 1. The van der Waals surface area contributed by atoms with Crippen molar-refractivity contribution >= 4 is 5.97 Å². The molecule has 1 rings (SSSR count). The molecule has 0 bridgehead atoms. The van der Waals surface area contributed by atoms with Gasteiger partial charge in [-0.25, -0.2) is 0 Å². The number of esters is 1. The molecule has 118 valence electrons. The smallest absolute Gasteiger partial charge is 0.309 e. The first-order valence-corrected chi connectivity index (χ1v) is 7.05. The van der Waals surface area contributed by atoms with Gasteiger partial charge in [0.05, 0.1) is 19.1 Å². The Bertz CT molecular complexity index is 459. The van der Waals surface area contributed by atoms with Crippen molar-refractivity contribution in [2.45, 2.75) is 25.5 Å². The highest BCUT2D eigenvalue weighted by Crippen LogP contribution is 2.11. The molecular weight excluding hydrogens is 268 g/mol. The van der Waals surface area contributed by atoms with E-state index in [1.165, 1.54) is 7.11 Å². The van der Waals surface area contributed by atoms with Crippen molar-refractivity contribution < 1.29 is 14.6 Å². The molecule has 0 heterocycles. The Morgan fingerprint density at radius 1 is 1.33 bits per heavy atom. The number of hydrogen-bond acceptors (Lipinski definition) is 5. The summed E-state index contributed by atoms with van der Waals surface area (Å²) in [6.07, 6.45) is 0.266. The van der Waals surface area contributed by atoms with Crippen molar-refractivity contribution in [1.82, 2.24) is 10.2 Å². The van der Waals surface area contributed by atoms with Crippen LogP contribution in [0.1, 0.15) is 18.1 Å². The molecule has 0 aliphatic rings. The van der Waals surface area contributed by atoms with Gasteiger partial charge in [0, 0.05) is 19.6 Å². The molecule has 1 aromatic rings. The molecule has 5 nitrogen and oxygen atoms in total. The second-order valence-corrected chi connectivity index (χ2v) is 5.86. The average Bonchev–Trinajstić information content (AvgIpc) is 2.38. The number of nitrogens with one attached hydrogen (secondary N) is 1. The van der Waals surface area contributed by atoms with E-state index < -0.39 is 5.60 Å². The summed E-state index contributed by atoms with van der Waals surface area (Å²) in [5, 5.41) is 13.5. The van der Waals surface area contributed by atoms with Gasteiger partial charge in [0.25, 0.3) is 0 Å². The second kappa shape index (κ2) is 8.12. The fourth-order valence-electron chi connectivity index (χ4n) is 2.33. The molecule has 1 unspecified atom stereocenters. The minimum atomic E-state index is -0.791. The number of hydrogen-bond donors (Lipinski definition) is 2. The Hall–Kier alpha value is -1.43. The van der Waals surface area contributed by atoms with Gasteiger partial charge in [-0.2, -0.15) is 0 Å². The van der Waals surface area contributed by atoms with Crippen molar-refractivity contribution in [3.63, 3.8) is 0 Å². The van der Waals surface area contributed by atoms with Crippen LogP contribution >= 0.6 is 0 Å². The van der Waals surface area contributed by atoms with Crippen LogP contribution in [-0.2, 0) is 22.5 Å². The third-order valence-electron chi connectivity index (χ3n) is 3.16. The number of aliphatic hydroxyl groups is 1. The van der Waals surface area contributed by atoms with Crippen LogP contribution < -0.4 is 5.32 Å². The van der Waals surface area contributed by atoms with E-state index in [-0.39, 0.29) is 12.4 Å². The van der Waals surface area contributed by atoms with Gasteiger partial charge in [-0.15, -0.1) is 0 Å². The number of likely N-dealkylation sites (N-methyl/N-ethyl adjacent to an activating group) is 1. The van der Waals surface area contributed by atoms with Crippen LogP contribution in [-0.4, -0.2) is 55.9 Å². The zero-order valence-electron chi connectivity index (χ0n) is 13.3. The molecule has 1 atom stereocenters. The Morgan fingerprint density at radius 2 is 1.95 bits per heavy atom. The van der Waals surface area contributed by atoms with E-state index in [0.717, 1.165) is 11.1 Å². The maximum absolute atomic E-state index is 11.4. The fraction of sp³-hybridized carbons (Fsp3) is 0.562. The molecule has 0 fully saturated rings. The molecule has 0 amide bonds. The van der Waals surface area contributed by atoms with Gasteiger partial charge >= 0.3 is 5.97 Å². The predicted molar refractivity (Wildman–Crippen MR) is 83.0 cm³/mol. The standard InChI is InChI=1S/C16H26N2O3/c1-16(20,12-18(2)3)11-17-10-14-8-6-5-7-13(14)9-15(19)21-4/h5-8,17,20H,9-12H2,1-4H3. The molecule has 5 heteroatoms. The highest BCUT2D eigenvalue weighted by Gasteiger charge is 2.20. The first kappa shape index (κ1) is 17.6. The zero-order valence-corrected chi connectivity index (χ0v) is 13.3. The number of ether oxygens (including phenoxy) is 1. The van der Waals surface area contributed by atoms with Crippen LogP contribution in [0.3, 0.4) is 0 Å². The van der Waals surface area contributed by atoms with Gasteiger partial charge in [-0.1, -0.05) is 24.3 Å². The summed E-state index contributed by atoms with van der Waals surface area (Å²) >= 11 is 0. The van der Waals surface area contributed by atoms with E-state index in [1.54, 1.807) is 6.92 Å². The molecule has 0 aliphatic carbocycles. The van der Waals surface area contributed by atoms with Gasteiger partial charge in [0.1, 0.15) is 0 Å². The topological polar surface area (TPSA) is 61.8 Å². The van der Waals surface area contributed by atoms with Gasteiger partial charge in [-0.3, -0.25) is 4.79 Å². The number of benzene rings is 1. The molecule has 0 spiro atoms.